The Morgan fingerprint density at radius 1 is 1.00 bits per heavy atom. The monoisotopic (exact) mass is 245 g/mol. The van der Waals surface area contributed by atoms with Crippen LogP contribution in [0.25, 0.3) is 0 Å². The van der Waals surface area contributed by atoms with Crippen molar-refractivity contribution in [2.24, 2.45) is 5.84 Å². The molecule has 0 radical (unpaired) electrons. The number of aromatic nitrogens is 1. The number of nitrogens with one attached hydrogen (secondary N) is 1. The number of nitrogens with two attached hydrogens (primary N) is 1. The summed E-state index contributed by atoms with van der Waals surface area (Å²) in [5.41, 5.74) is 4.94. The van der Waals surface area contributed by atoms with E-state index in [1.807, 2.05) is 36.0 Å². The van der Waals surface area contributed by atoms with E-state index in [9.17, 15) is 0 Å². The zero-order valence-corrected chi connectivity index (χ0v) is 10.3. The van der Waals surface area contributed by atoms with Crippen molar-refractivity contribution in [2.75, 3.05) is 5.43 Å². The van der Waals surface area contributed by atoms with Crippen LogP contribution < -0.4 is 11.3 Å². The summed E-state index contributed by atoms with van der Waals surface area (Å²) in [4.78, 5) is 4.37. The van der Waals surface area contributed by atoms with E-state index in [1.165, 1.54) is 5.56 Å². The predicted molar refractivity (Wildman–Crippen MR) is 73.5 cm³/mol. The van der Waals surface area contributed by atoms with Gasteiger partial charge in [-0.2, -0.15) is 11.8 Å². The predicted octanol–water partition coefficient (Wildman–Crippen LogP) is 2.80. The first-order chi connectivity index (χ1) is 8.38. The molecule has 0 unspecified atom stereocenters. The highest BCUT2D eigenvalue weighted by Crippen LogP contribution is 2.17. The molecule has 3 nitrogen and oxygen atoms in total. The molecule has 0 amide bonds. The topological polar surface area (TPSA) is 50.9 Å². The number of pyridine rings is 1. The van der Waals surface area contributed by atoms with Crippen molar-refractivity contribution in [3.05, 3.63) is 59.8 Å². The molecule has 1 aromatic carbocycles. The molecule has 17 heavy (non-hydrogen) atoms. The van der Waals surface area contributed by atoms with Crippen LogP contribution in [0.3, 0.4) is 0 Å². The van der Waals surface area contributed by atoms with Crippen molar-refractivity contribution < 1.29 is 0 Å². The molecule has 2 aromatic rings. The van der Waals surface area contributed by atoms with E-state index in [4.69, 9.17) is 5.84 Å². The summed E-state index contributed by atoms with van der Waals surface area (Å²) >= 11 is 1.85. The standard InChI is InChI=1S/C13H15N3S/c14-16-13-8-4-7-12(15-13)10-17-9-11-5-2-1-3-6-11/h1-8H,9-10,14H2,(H,15,16). The van der Waals surface area contributed by atoms with Crippen LogP contribution in [0, 0.1) is 0 Å². The molecule has 0 bridgehead atoms. The minimum Gasteiger partial charge on any atom is -0.308 e. The van der Waals surface area contributed by atoms with E-state index in [2.05, 4.69) is 34.7 Å². The van der Waals surface area contributed by atoms with Gasteiger partial charge in [-0.15, -0.1) is 0 Å². The number of hydrazine groups is 1. The van der Waals surface area contributed by atoms with E-state index in [1.54, 1.807) is 0 Å². The van der Waals surface area contributed by atoms with E-state index < -0.39 is 0 Å². The van der Waals surface area contributed by atoms with E-state index in [0.717, 1.165) is 17.2 Å². The Morgan fingerprint density at radius 3 is 2.59 bits per heavy atom. The lowest BCUT2D eigenvalue weighted by Crippen LogP contribution is -2.08. The van der Waals surface area contributed by atoms with Gasteiger partial charge in [0.05, 0.1) is 5.69 Å². The number of hydrogen-bond donors (Lipinski definition) is 2. The fourth-order valence-electron chi connectivity index (χ4n) is 1.49. The van der Waals surface area contributed by atoms with Crippen LogP contribution >= 0.6 is 11.8 Å². The normalized spacial score (nSPS) is 10.2. The minimum atomic E-state index is 0.711. The number of nitrogen functional groups attached to an aromatic ring is 1. The maximum Gasteiger partial charge on any atom is 0.140 e. The van der Waals surface area contributed by atoms with Gasteiger partial charge in [0.15, 0.2) is 0 Å². The summed E-state index contributed by atoms with van der Waals surface area (Å²) in [6.45, 7) is 0. The fourth-order valence-corrected chi connectivity index (χ4v) is 2.39. The van der Waals surface area contributed by atoms with Crippen LogP contribution in [0.1, 0.15) is 11.3 Å². The van der Waals surface area contributed by atoms with Gasteiger partial charge in [-0.3, -0.25) is 0 Å². The Kier molecular flexibility index (Phi) is 4.41. The fraction of sp³-hybridized carbons (Fsp3) is 0.154. The number of rotatable bonds is 5. The van der Waals surface area contributed by atoms with Gasteiger partial charge < -0.3 is 5.43 Å². The summed E-state index contributed by atoms with van der Waals surface area (Å²) < 4.78 is 0. The number of benzene rings is 1. The minimum absolute atomic E-state index is 0.711. The smallest absolute Gasteiger partial charge is 0.140 e. The third-order valence-corrected chi connectivity index (χ3v) is 3.35. The molecule has 3 N–H and O–H groups in total. The van der Waals surface area contributed by atoms with E-state index >= 15 is 0 Å². The summed E-state index contributed by atoms with van der Waals surface area (Å²) in [5.74, 6) is 7.93. The number of thioether (sulfide) groups is 1. The molecule has 2 rings (SSSR count). The van der Waals surface area contributed by atoms with Crippen molar-refractivity contribution >= 4 is 17.6 Å². The van der Waals surface area contributed by atoms with Crippen molar-refractivity contribution in [3.8, 4) is 0 Å². The van der Waals surface area contributed by atoms with Crippen LogP contribution in [-0.2, 0) is 11.5 Å². The highest BCUT2D eigenvalue weighted by Gasteiger charge is 1.98. The van der Waals surface area contributed by atoms with Crippen molar-refractivity contribution in [2.45, 2.75) is 11.5 Å². The molecule has 0 saturated carbocycles. The van der Waals surface area contributed by atoms with Gasteiger partial charge in [0, 0.05) is 11.5 Å². The largest absolute Gasteiger partial charge is 0.308 e. The van der Waals surface area contributed by atoms with Crippen molar-refractivity contribution in [1.82, 2.24) is 4.98 Å². The van der Waals surface area contributed by atoms with Gasteiger partial charge in [0.1, 0.15) is 5.82 Å². The summed E-state index contributed by atoms with van der Waals surface area (Å²) in [5, 5.41) is 0. The molecular formula is C13H15N3S. The zero-order valence-electron chi connectivity index (χ0n) is 9.47. The van der Waals surface area contributed by atoms with Crippen molar-refractivity contribution in [3.63, 3.8) is 0 Å². The highest BCUT2D eigenvalue weighted by molar-refractivity contribution is 7.97. The van der Waals surface area contributed by atoms with E-state index in [-0.39, 0.29) is 0 Å². The van der Waals surface area contributed by atoms with Gasteiger partial charge in [-0.1, -0.05) is 36.4 Å². The molecule has 1 heterocycles. The maximum atomic E-state index is 5.32. The average molecular weight is 245 g/mol. The molecule has 0 fully saturated rings. The highest BCUT2D eigenvalue weighted by atomic mass is 32.2. The molecule has 0 aliphatic carbocycles. The Labute approximate surface area is 105 Å². The summed E-state index contributed by atoms with van der Waals surface area (Å²) in [7, 11) is 0. The second kappa shape index (κ2) is 6.27. The van der Waals surface area contributed by atoms with Crippen molar-refractivity contribution in [1.29, 1.82) is 0 Å². The molecule has 88 valence electrons. The molecule has 0 atom stereocenters. The quantitative estimate of drug-likeness (QED) is 0.628. The Hall–Kier alpha value is -1.52. The molecular weight excluding hydrogens is 230 g/mol. The average Bonchev–Trinajstić information content (AvgIpc) is 2.40. The van der Waals surface area contributed by atoms with Crippen LogP contribution in [0.5, 0.6) is 0 Å². The summed E-state index contributed by atoms with van der Waals surface area (Å²) in [6, 6.07) is 16.3. The SMILES string of the molecule is NNc1cccc(CSCc2ccccc2)n1. The van der Waals surface area contributed by atoms with Gasteiger partial charge in [-0.05, 0) is 17.7 Å². The Bertz CT molecular complexity index is 459. The van der Waals surface area contributed by atoms with Gasteiger partial charge in [0.25, 0.3) is 0 Å². The first-order valence-corrected chi connectivity index (χ1v) is 6.58. The van der Waals surface area contributed by atoms with Crippen LogP contribution in [0.15, 0.2) is 48.5 Å². The van der Waals surface area contributed by atoms with E-state index in [0.29, 0.717) is 5.82 Å². The third-order valence-electron chi connectivity index (χ3n) is 2.32. The Morgan fingerprint density at radius 2 is 1.82 bits per heavy atom. The number of nitrogens with zero attached hydrogens (tertiary/aromatic N) is 1. The molecule has 0 spiro atoms. The lowest BCUT2D eigenvalue weighted by Gasteiger charge is -2.04. The number of hydrogen-bond acceptors (Lipinski definition) is 4. The van der Waals surface area contributed by atoms with Gasteiger partial charge >= 0.3 is 0 Å². The second-order valence-corrected chi connectivity index (χ2v) is 4.62. The number of anilines is 1. The molecule has 0 aliphatic rings. The zero-order chi connectivity index (χ0) is 11.9. The molecule has 0 aliphatic heterocycles. The molecule has 4 heteroatoms. The lowest BCUT2D eigenvalue weighted by atomic mass is 10.2. The second-order valence-electron chi connectivity index (χ2n) is 3.64. The van der Waals surface area contributed by atoms with Gasteiger partial charge in [0.2, 0.25) is 0 Å². The maximum absolute atomic E-state index is 5.32. The lowest BCUT2D eigenvalue weighted by molar-refractivity contribution is 1.14. The molecule has 0 saturated heterocycles. The van der Waals surface area contributed by atoms with Crippen LogP contribution in [-0.4, -0.2) is 4.98 Å². The first kappa shape index (κ1) is 12.0. The summed E-state index contributed by atoms with van der Waals surface area (Å²) in [6.07, 6.45) is 0. The third kappa shape index (κ3) is 3.76. The van der Waals surface area contributed by atoms with Crippen LogP contribution in [0.4, 0.5) is 5.82 Å². The van der Waals surface area contributed by atoms with Crippen LogP contribution in [0.2, 0.25) is 0 Å². The Balaban J connectivity index is 1.86. The van der Waals surface area contributed by atoms with Gasteiger partial charge in [-0.25, -0.2) is 10.8 Å². The molecule has 1 aromatic heterocycles. The first-order valence-electron chi connectivity index (χ1n) is 5.43.